The third kappa shape index (κ3) is 2.43. The van der Waals surface area contributed by atoms with E-state index in [0.29, 0.717) is 10.6 Å². The fraction of sp³-hybridized carbons (Fsp3) is 0.214. The average Bonchev–Trinajstić information content (AvgIpc) is 2.62. The van der Waals surface area contributed by atoms with Crippen molar-refractivity contribution in [3.63, 3.8) is 0 Å². The van der Waals surface area contributed by atoms with Crippen LogP contribution in [0.2, 0.25) is 5.02 Å². The van der Waals surface area contributed by atoms with Crippen LogP contribution in [0.25, 0.3) is 0 Å². The summed E-state index contributed by atoms with van der Waals surface area (Å²) < 4.78 is 0. The van der Waals surface area contributed by atoms with Gasteiger partial charge in [-0.2, -0.15) is 0 Å². The molecular weight excluding hydrogens is 252 g/mol. The monoisotopic (exact) mass is 264 g/mol. The molecule has 0 saturated carbocycles. The number of hydrogen-bond acceptors (Lipinski definition) is 2. The summed E-state index contributed by atoms with van der Waals surface area (Å²) in [6.07, 6.45) is 0. The molecule has 0 atom stereocenters. The molecule has 1 heterocycles. The lowest BCUT2D eigenvalue weighted by Crippen LogP contribution is -1.98. The number of thiophene rings is 1. The molecule has 0 fully saturated rings. The van der Waals surface area contributed by atoms with Gasteiger partial charge in [0.25, 0.3) is 0 Å². The molecule has 2 rings (SSSR count). The number of carbonyl (C=O) groups is 1. The zero-order valence-corrected chi connectivity index (χ0v) is 11.6. The van der Waals surface area contributed by atoms with Gasteiger partial charge in [0.15, 0.2) is 0 Å². The van der Waals surface area contributed by atoms with Crippen LogP contribution in [0.15, 0.2) is 24.3 Å². The van der Waals surface area contributed by atoms with E-state index in [4.69, 9.17) is 11.6 Å². The Balaban J connectivity index is 2.40. The van der Waals surface area contributed by atoms with Gasteiger partial charge in [-0.3, -0.25) is 4.79 Å². The maximum absolute atomic E-state index is 12.2. The van der Waals surface area contributed by atoms with Crippen LogP contribution in [0, 0.1) is 20.8 Å². The zero-order chi connectivity index (χ0) is 12.6. The van der Waals surface area contributed by atoms with E-state index < -0.39 is 0 Å². The SMILES string of the molecule is Cc1ccc(C(=O)c2cc(C)c(C)s2)cc1Cl. The molecule has 0 aliphatic rings. The van der Waals surface area contributed by atoms with Gasteiger partial charge in [0.05, 0.1) is 4.88 Å². The van der Waals surface area contributed by atoms with Gasteiger partial charge in [0.2, 0.25) is 5.78 Å². The Kier molecular flexibility index (Phi) is 3.36. The Morgan fingerprint density at radius 1 is 1.12 bits per heavy atom. The molecule has 1 nitrogen and oxygen atoms in total. The summed E-state index contributed by atoms with van der Waals surface area (Å²) >= 11 is 7.57. The van der Waals surface area contributed by atoms with Crippen molar-refractivity contribution in [3.8, 4) is 0 Å². The minimum Gasteiger partial charge on any atom is -0.288 e. The van der Waals surface area contributed by atoms with Crippen LogP contribution in [0.4, 0.5) is 0 Å². The molecule has 1 aromatic heterocycles. The smallest absolute Gasteiger partial charge is 0.203 e. The van der Waals surface area contributed by atoms with Crippen LogP contribution >= 0.6 is 22.9 Å². The molecule has 0 saturated heterocycles. The van der Waals surface area contributed by atoms with E-state index >= 15 is 0 Å². The van der Waals surface area contributed by atoms with E-state index in [0.717, 1.165) is 16.0 Å². The second-order valence-electron chi connectivity index (χ2n) is 4.14. The van der Waals surface area contributed by atoms with Crippen molar-refractivity contribution in [2.75, 3.05) is 0 Å². The Morgan fingerprint density at radius 2 is 1.82 bits per heavy atom. The van der Waals surface area contributed by atoms with Crippen molar-refractivity contribution in [1.82, 2.24) is 0 Å². The van der Waals surface area contributed by atoms with E-state index in [1.807, 2.05) is 39.0 Å². The highest BCUT2D eigenvalue weighted by atomic mass is 35.5. The molecule has 0 aliphatic carbocycles. The maximum Gasteiger partial charge on any atom is 0.203 e. The fourth-order valence-corrected chi connectivity index (χ4v) is 2.74. The molecule has 0 bridgehead atoms. The molecule has 3 heteroatoms. The molecular formula is C14H13ClOS. The highest BCUT2D eigenvalue weighted by Gasteiger charge is 2.13. The lowest BCUT2D eigenvalue weighted by atomic mass is 10.1. The van der Waals surface area contributed by atoms with E-state index in [9.17, 15) is 4.79 Å². The van der Waals surface area contributed by atoms with Gasteiger partial charge in [0, 0.05) is 15.5 Å². The number of rotatable bonds is 2. The summed E-state index contributed by atoms with van der Waals surface area (Å²) in [5.74, 6) is 0.0492. The van der Waals surface area contributed by atoms with Gasteiger partial charge in [-0.15, -0.1) is 11.3 Å². The minimum atomic E-state index is 0.0492. The quantitative estimate of drug-likeness (QED) is 0.727. The number of halogens is 1. The lowest BCUT2D eigenvalue weighted by Gasteiger charge is -2.01. The van der Waals surface area contributed by atoms with Gasteiger partial charge >= 0.3 is 0 Å². The summed E-state index contributed by atoms with van der Waals surface area (Å²) in [6, 6.07) is 7.39. The predicted molar refractivity (Wildman–Crippen MR) is 73.4 cm³/mol. The number of benzene rings is 1. The van der Waals surface area contributed by atoms with Crippen LogP contribution in [0.1, 0.15) is 31.2 Å². The number of hydrogen-bond donors (Lipinski definition) is 0. The van der Waals surface area contributed by atoms with Crippen molar-refractivity contribution in [2.45, 2.75) is 20.8 Å². The first-order chi connectivity index (χ1) is 7.99. The summed E-state index contributed by atoms with van der Waals surface area (Å²) in [4.78, 5) is 14.2. The molecule has 0 amide bonds. The molecule has 1 aromatic carbocycles. The van der Waals surface area contributed by atoms with Crippen LogP contribution in [-0.2, 0) is 0 Å². The minimum absolute atomic E-state index is 0.0492. The third-order valence-corrected chi connectivity index (χ3v) is 4.38. The van der Waals surface area contributed by atoms with Crippen molar-refractivity contribution in [2.24, 2.45) is 0 Å². The first kappa shape index (κ1) is 12.3. The van der Waals surface area contributed by atoms with E-state index in [-0.39, 0.29) is 5.78 Å². The van der Waals surface area contributed by atoms with E-state index in [2.05, 4.69) is 0 Å². The van der Waals surface area contributed by atoms with Crippen molar-refractivity contribution >= 4 is 28.7 Å². The topological polar surface area (TPSA) is 17.1 Å². The van der Waals surface area contributed by atoms with Gasteiger partial charge in [-0.05, 0) is 44.0 Å². The Bertz CT molecular complexity index is 564. The normalized spacial score (nSPS) is 10.6. The van der Waals surface area contributed by atoms with Crippen molar-refractivity contribution in [3.05, 3.63) is 55.7 Å². The Morgan fingerprint density at radius 3 is 2.35 bits per heavy atom. The van der Waals surface area contributed by atoms with E-state index in [1.165, 1.54) is 16.2 Å². The number of aryl methyl sites for hydroxylation is 3. The lowest BCUT2D eigenvalue weighted by molar-refractivity contribution is 0.104. The van der Waals surface area contributed by atoms with Gasteiger partial charge in [-0.1, -0.05) is 23.7 Å². The molecule has 0 spiro atoms. The molecule has 0 N–H and O–H groups in total. The number of ketones is 1. The predicted octanol–water partition coefficient (Wildman–Crippen LogP) is 4.56. The summed E-state index contributed by atoms with van der Waals surface area (Å²) in [5.41, 5.74) is 2.81. The molecule has 2 aromatic rings. The molecule has 17 heavy (non-hydrogen) atoms. The third-order valence-electron chi connectivity index (χ3n) is 2.82. The first-order valence-corrected chi connectivity index (χ1v) is 6.56. The molecule has 0 radical (unpaired) electrons. The van der Waals surface area contributed by atoms with Crippen LogP contribution in [0.5, 0.6) is 0 Å². The maximum atomic E-state index is 12.2. The second-order valence-corrected chi connectivity index (χ2v) is 5.81. The fourth-order valence-electron chi connectivity index (χ4n) is 1.56. The largest absolute Gasteiger partial charge is 0.288 e. The van der Waals surface area contributed by atoms with Gasteiger partial charge in [0.1, 0.15) is 0 Å². The standard InChI is InChI=1S/C14H13ClOS/c1-8-4-5-11(7-12(8)15)14(16)13-6-9(2)10(3)17-13/h4-7H,1-3H3. The summed E-state index contributed by atoms with van der Waals surface area (Å²) in [5, 5.41) is 0.640. The van der Waals surface area contributed by atoms with Crippen LogP contribution < -0.4 is 0 Å². The molecule has 0 aliphatic heterocycles. The molecule has 0 unspecified atom stereocenters. The highest BCUT2D eigenvalue weighted by molar-refractivity contribution is 7.14. The average molecular weight is 265 g/mol. The highest BCUT2D eigenvalue weighted by Crippen LogP contribution is 2.25. The van der Waals surface area contributed by atoms with Crippen LogP contribution in [-0.4, -0.2) is 5.78 Å². The van der Waals surface area contributed by atoms with Gasteiger partial charge < -0.3 is 0 Å². The zero-order valence-electron chi connectivity index (χ0n) is 10.0. The van der Waals surface area contributed by atoms with Crippen molar-refractivity contribution in [1.29, 1.82) is 0 Å². The molecule has 88 valence electrons. The summed E-state index contributed by atoms with van der Waals surface area (Å²) in [7, 11) is 0. The first-order valence-electron chi connectivity index (χ1n) is 5.37. The second kappa shape index (κ2) is 4.63. The Hall–Kier alpha value is -1.12. The van der Waals surface area contributed by atoms with Crippen LogP contribution in [0.3, 0.4) is 0 Å². The number of carbonyl (C=O) groups excluding carboxylic acids is 1. The summed E-state index contributed by atoms with van der Waals surface area (Å²) in [6.45, 7) is 5.97. The Labute approximate surface area is 110 Å². The van der Waals surface area contributed by atoms with Gasteiger partial charge in [-0.25, -0.2) is 0 Å². The van der Waals surface area contributed by atoms with Crippen molar-refractivity contribution < 1.29 is 4.79 Å². The van der Waals surface area contributed by atoms with E-state index in [1.54, 1.807) is 6.07 Å².